The lowest BCUT2D eigenvalue weighted by atomic mass is 9.95. The molecule has 8 rings (SSSR count). The van der Waals surface area contributed by atoms with Crippen molar-refractivity contribution >= 4 is 11.0 Å². The van der Waals surface area contributed by atoms with Gasteiger partial charge in [0.05, 0.1) is 16.7 Å². The van der Waals surface area contributed by atoms with E-state index in [2.05, 4.69) is 79.7 Å². The van der Waals surface area contributed by atoms with E-state index >= 15 is 0 Å². The normalized spacial score (nSPS) is 14.2. The number of imidazole rings is 1. The van der Waals surface area contributed by atoms with Gasteiger partial charge in [0.15, 0.2) is 5.82 Å². The third kappa shape index (κ3) is 5.61. The first kappa shape index (κ1) is 27.0. The van der Waals surface area contributed by atoms with E-state index in [0.29, 0.717) is 11.7 Å². The Labute approximate surface area is 260 Å². The van der Waals surface area contributed by atoms with Crippen LogP contribution in [-0.4, -0.2) is 57.7 Å². The fourth-order valence-corrected chi connectivity index (χ4v) is 6.10. The molecule has 1 fully saturated rings. The predicted octanol–water partition coefficient (Wildman–Crippen LogP) is 6.71. The maximum atomic E-state index is 5.10. The number of hydrogen-bond donors (Lipinski definition) is 1. The topological polar surface area (TPSA) is 101 Å². The summed E-state index contributed by atoms with van der Waals surface area (Å²) in [6, 6.07) is 31.2. The van der Waals surface area contributed by atoms with Crippen molar-refractivity contribution in [2.24, 2.45) is 0 Å². The largest absolute Gasteiger partial charge is 0.299 e. The van der Waals surface area contributed by atoms with Crippen molar-refractivity contribution in [1.82, 2.24) is 44.6 Å². The number of piperidine rings is 1. The highest BCUT2D eigenvalue weighted by atomic mass is 15.2. The first-order valence-corrected chi connectivity index (χ1v) is 15.3. The van der Waals surface area contributed by atoms with Crippen molar-refractivity contribution in [1.29, 1.82) is 0 Å². The lowest BCUT2D eigenvalue weighted by Gasteiger charge is -2.31. The number of likely N-dealkylation sites (tertiary alicyclic amines) is 1. The van der Waals surface area contributed by atoms with Gasteiger partial charge in [-0.1, -0.05) is 60.7 Å². The average molecular weight is 590 g/mol. The Morgan fingerprint density at radius 1 is 0.756 bits per heavy atom. The van der Waals surface area contributed by atoms with Crippen LogP contribution in [0, 0.1) is 0 Å². The second-order valence-electron chi connectivity index (χ2n) is 11.4. The number of pyridine rings is 3. The van der Waals surface area contributed by atoms with E-state index in [1.165, 1.54) is 5.56 Å². The van der Waals surface area contributed by atoms with Crippen LogP contribution in [0.1, 0.15) is 30.1 Å². The van der Waals surface area contributed by atoms with Gasteiger partial charge in [0.25, 0.3) is 0 Å². The van der Waals surface area contributed by atoms with Crippen LogP contribution >= 0.6 is 0 Å². The van der Waals surface area contributed by atoms with Crippen LogP contribution in [0.4, 0.5) is 0 Å². The molecule has 0 radical (unpaired) electrons. The summed E-state index contributed by atoms with van der Waals surface area (Å²) in [6.07, 6.45) is 9.28. The molecule has 0 bridgehead atoms. The number of nitrogens with one attached hydrogen (secondary N) is 1. The van der Waals surface area contributed by atoms with Gasteiger partial charge in [-0.2, -0.15) is 5.10 Å². The van der Waals surface area contributed by atoms with E-state index in [0.717, 1.165) is 83.2 Å². The number of H-pyrrole nitrogens is 1. The van der Waals surface area contributed by atoms with Gasteiger partial charge < -0.3 is 0 Å². The summed E-state index contributed by atoms with van der Waals surface area (Å²) in [5.41, 5.74) is 8.02. The molecule has 0 atom stereocenters. The highest BCUT2D eigenvalue weighted by Crippen LogP contribution is 2.34. The maximum Gasteiger partial charge on any atom is 0.199 e. The molecule has 0 amide bonds. The second kappa shape index (κ2) is 11.9. The van der Waals surface area contributed by atoms with Crippen molar-refractivity contribution in [3.63, 3.8) is 0 Å². The van der Waals surface area contributed by atoms with Crippen LogP contribution in [0.15, 0.2) is 116 Å². The van der Waals surface area contributed by atoms with Gasteiger partial charge in [-0.3, -0.25) is 19.5 Å². The summed E-state index contributed by atoms with van der Waals surface area (Å²) < 4.78 is 1.91. The van der Waals surface area contributed by atoms with Crippen LogP contribution in [-0.2, 0) is 6.54 Å². The van der Waals surface area contributed by atoms with E-state index in [4.69, 9.17) is 15.0 Å². The Bertz CT molecular complexity index is 2030. The molecule has 1 N–H and O–H groups in total. The summed E-state index contributed by atoms with van der Waals surface area (Å²) in [7, 11) is 0. The first-order valence-electron chi connectivity index (χ1n) is 15.3. The highest BCUT2D eigenvalue weighted by molar-refractivity contribution is 5.90. The molecule has 1 aliphatic rings. The zero-order valence-corrected chi connectivity index (χ0v) is 24.7. The van der Waals surface area contributed by atoms with Gasteiger partial charge >= 0.3 is 0 Å². The van der Waals surface area contributed by atoms with Crippen molar-refractivity contribution in [2.75, 3.05) is 13.1 Å². The van der Waals surface area contributed by atoms with E-state index in [9.17, 15) is 0 Å². The number of fused-ring (bicyclic) bond motifs is 1. The Morgan fingerprint density at radius 3 is 2.38 bits per heavy atom. The van der Waals surface area contributed by atoms with Crippen molar-refractivity contribution in [3.8, 4) is 39.7 Å². The van der Waals surface area contributed by atoms with Gasteiger partial charge in [-0.25, -0.2) is 19.9 Å². The van der Waals surface area contributed by atoms with Gasteiger partial charge in [-0.05, 0) is 67.4 Å². The summed E-state index contributed by atoms with van der Waals surface area (Å²) in [4.78, 5) is 25.8. The van der Waals surface area contributed by atoms with Gasteiger partial charge in [0, 0.05) is 42.2 Å². The SMILES string of the molecule is c1ccc(-c2nc3ccc(-n4ccnc4)nc3cc2-c2ccc(CN3CCC(c4nc(-c5ccccn5)n[nH]4)CC3)cc2)cc1. The van der Waals surface area contributed by atoms with Crippen LogP contribution in [0.3, 0.4) is 0 Å². The Morgan fingerprint density at radius 2 is 1.60 bits per heavy atom. The minimum absolute atomic E-state index is 0.383. The minimum Gasteiger partial charge on any atom is -0.299 e. The van der Waals surface area contributed by atoms with Crippen LogP contribution in [0.2, 0.25) is 0 Å². The van der Waals surface area contributed by atoms with Crippen LogP contribution in [0.25, 0.3) is 50.8 Å². The molecule has 0 unspecified atom stereocenters. The Balaban J connectivity index is 1.00. The van der Waals surface area contributed by atoms with Crippen molar-refractivity contribution in [3.05, 3.63) is 127 Å². The molecule has 9 nitrogen and oxygen atoms in total. The monoisotopic (exact) mass is 589 g/mol. The Hall–Kier alpha value is -5.54. The summed E-state index contributed by atoms with van der Waals surface area (Å²) in [6.45, 7) is 2.95. The fourth-order valence-electron chi connectivity index (χ4n) is 6.10. The third-order valence-electron chi connectivity index (χ3n) is 8.51. The molecule has 45 heavy (non-hydrogen) atoms. The molecule has 2 aromatic carbocycles. The number of aromatic nitrogens is 8. The number of rotatable bonds is 7. The summed E-state index contributed by atoms with van der Waals surface area (Å²) in [5, 5.41) is 7.58. The summed E-state index contributed by atoms with van der Waals surface area (Å²) in [5.74, 6) is 2.83. The molecule has 6 heterocycles. The van der Waals surface area contributed by atoms with E-state index in [1.807, 2.05) is 47.2 Å². The van der Waals surface area contributed by atoms with Gasteiger partial charge in [0.1, 0.15) is 23.7 Å². The smallest absolute Gasteiger partial charge is 0.199 e. The summed E-state index contributed by atoms with van der Waals surface area (Å²) >= 11 is 0. The zero-order valence-electron chi connectivity index (χ0n) is 24.7. The average Bonchev–Trinajstić information content (AvgIpc) is 3.83. The van der Waals surface area contributed by atoms with Gasteiger partial charge in [-0.15, -0.1) is 0 Å². The standard InChI is InChI=1S/C36H31N9/c1-2-6-27(7-3-1)34-29(22-32-30(40-34)13-14-33(39-32)45-21-18-37-24-45)26-11-9-25(10-12-26)23-44-19-15-28(16-20-44)35-41-36(43-42-35)31-8-4-5-17-38-31/h1-14,17-18,21-22,24,28H,15-16,19-20,23H2,(H,41,42,43). The lowest BCUT2D eigenvalue weighted by Crippen LogP contribution is -2.32. The first-order chi connectivity index (χ1) is 22.3. The molecule has 0 spiro atoms. The van der Waals surface area contributed by atoms with E-state index in [-0.39, 0.29) is 0 Å². The van der Waals surface area contributed by atoms with E-state index < -0.39 is 0 Å². The van der Waals surface area contributed by atoms with Crippen LogP contribution in [0.5, 0.6) is 0 Å². The molecule has 7 aromatic rings. The molecular weight excluding hydrogens is 558 g/mol. The molecular formula is C36H31N9. The quantitative estimate of drug-likeness (QED) is 0.221. The molecule has 0 aliphatic carbocycles. The fraction of sp³-hybridized carbons (Fsp3) is 0.167. The molecule has 1 aliphatic heterocycles. The number of aromatic amines is 1. The molecule has 9 heteroatoms. The number of hydrogen-bond acceptors (Lipinski definition) is 7. The van der Waals surface area contributed by atoms with Crippen molar-refractivity contribution in [2.45, 2.75) is 25.3 Å². The van der Waals surface area contributed by atoms with Gasteiger partial charge in [0.2, 0.25) is 0 Å². The van der Waals surface area contributed by atoms with Crippen LogP contribution < -0.4 is 0 Å². The second-order valence-corrected chi connectivity index (χ2v) is 11.4. The van der Waals surface area contributed by atoms with E-state index in [1.54, 1.807) is 18.7 Å². The molecule has 5 aromatic heterocycles. The number of benzene rings is 2. The molecule has 0 saturated carbocycles. The third-order valence-corrected chi connectivity index (χ3v) is 8.51. The minimum atomic E-state index is 0.383. The molecule has 220 valence electrons. The lowest BCUT2D eigenvalue weighted by molar-refractivity contribution is 0.202. The number of nitrogens with zero attached hydrogens (tertiary/aromatic N) is 8. The maximum absolute atomic E-state index is 5.10. The van der Waals surface area contributed by atoms with Crippen molar-refractivity contribution < 1.29 is 0 Å². The highest BCUT2D eigenvalue weighted by Gasteiger charge is 2.24. The predicted molar refractivity (Wildman–Crippen MR) is 174 cm³/mol. The Kier molecular flexibility index (Phi) is 7.13. The zero-order chi connectivity index (χ0) is 30.0. The molecule has 1 saturated heterocycles.